The van der Waals surface area contributed by atoms with Gasteiger partial charge in [0.2, 0.25) is 11.8 Å². The lowest BCUT2D eigenvalue weighted by Gasteiger charge is -2.08. The van der Waals surface area contributed by atoms with Crippen LogP contribution in [0, 0.1) is 0 Å². The van der Waals surface area contributed by atoms with Crippen molar-refractivity contribution in [2.75, 3.05) is 18.2 Å². The number of H-pyrrole nitrogens is 1. The fraction of sp³-hybridized carbons (Fsp3) is 0.100. The van der Waals surface area contributed by atoms with Gasteiger partial charge in [0.1, 0.15) is 5.56 Å². The summed E-state index contributed by atoms with van der Waals surface area (Å²) in [6, 6.07) is 15.0. The average molecular weight is 411 g/mol. The maximum Gasteiger partial charge on any atom is 0.337 e. The van der Waals surface area contributed by atoms with E-state index in [-0.39, 0.29) is 22.4 Å². The van der Waals surface area contributed by atoms with Crippen LogP contribution in [0.4, 0.5) is 5.69 Å². The van der Waals surface area contributed by atoms with E-state index in [1.807, 2.05) is 0 Å². The van der Waals surface area contributed by atoms with Crippen molar-refractivity contribution in [3.63, 3.8) is 0 Å². The SMILES string of the molecule is COC(=O)c1cccc(NC(=O)CSc2nc(O)c(-c3ccccc3)c(=O)[nH]2)c1. The Hall–Kier alpha value is -3.59. The molecular formula is C20H17N3O5S. The number of hydrogen-bond acceptors (Lipinski definition) is 7. The van der Waals surface area contributed by atoms with E-state index in [9.17, 15) is 19.5 Å². The Balaban J connectivity index is 1.67. The first kappa shape index (κ1) is 20.2. The van der Waals surface area contributed by atoms with E-state index in [1.165, 1.54) is 13.2 Å². The summed E-state index contributed by atoms with van der Waals surface area (Å²) >= 11 is 0.965. The van der Waals surface area contributed by atoms with Crippen molar-refractivity contribution >= 4 is 29.3 Å². The Labute approximate surface area is 170 Å². The zero-order valence-corrected chi connectivity index (χ0v) is 16.2. The van der Waals surface area contributed by atoms with Crippen LogP contribution in [0.25, 0.3) is 11.1 Å². The van der Waals surface area contributed by atoms with Gasteiger partial charge in [-0.05, 0) is 23.8 Å². The first-order chi connectivity index (χ1) is 14.0. The highest BCUT2D eigenvalue weighted by molar-refractivity contribution is 7.99. The van der Waals surface area contributed by atoms with E-state index in [4.69, 9.17) is 0 Å². The second-order valence-corrected chi connectivity index (χ2v) is 6.81. The highest BCUT2D eigenvalue weighted by atomic mass is 32.2. The van der Waals surface area contributed by atoms with Gasteiger partial charge in [-0.25, -0.2) is 4.79 Å². The number of rotatable bonds is 6. The molecule has 0 bridgehead atoms. The van der Waals surface area contributed by atoms with Gasteiger partial charge in [-0.3, -0.25) is 9.59 Å². The number of aromatic hydroxyl groups is 1. The second-order valence-electron chi connectivity index (χ2n) is 5.84. The van der Waals surface area contributed by atoms with Crippen LogP contribution in [0.2, 0.25) is 0 Å². The minimum atomic E-state index is -0.508. The standard InChI is InChI=1S/C20H17N3O5S/c1-28-19(27)13-8-5-9-14(10-13)21-15(24)11-29-20-22-17(25)16(18(26)23-20)12-6-3-2-4-7-12/h2-10H,11H2,1H3,(H,21,24)(H2,22,23,25,26). The molecule has 0 aliphatic carbocycles. The number of carbonyl (C=O) groups excluding carboxylic acids is 2. The topological polar surface area (TPSA) is 121 Å². The quantitative estimate of drug-likeness (QED) is 0.324. The summed E-state index contributed by atoms with van der Waals surface area (Å²) in [5, 5.41) is 12.9. The van der Waals surface area contributed by atoms with Crippen molar-refractivity contribution in [2.24, 2.45) is 0 Å². The number of nitrogens with one attached hydrogen (secondary N) is 2. The number of amides is 1. The van der Waals surface area contributed by atoms with Gasteiger partial charge in [-0.2, -0.15) is 4.98 Å². The molecule has 0 spiro atoms. The Morgan fingerprint density at radius 1 is 1.17 bits per heavy atom. The molecule has 8 nitrogen and oxygen atoms in total. The van der Waals surface area contributed by atoms with Crippen LogP contribution in [0.3, 0.4) is 0 Å². The number of thioether (sulfide) groups is 1. The van der Waals surface area contributed by atoms with Crippen molar-refractivity contribution in [1.29, 1.82) is 0 Å². The molecule has 0 saturated heterocycles. The number of anilines is 1. The number of esters is 1. The lowest BCUT2D eigenvalue weighted by atomic mass is 10.1. The Morgan fingerprint density at radius 2 is 1.93 bits per heavy atom. The van der Waals surface area contributed by atoms with E-state index in [1.54, 1.807) is 48.5 Å². The number of aromatic nitrogens is 2. The molecule has 3 rings (SSSR count). The summed E-state index contributed by atoms with van der Waals surface area (Å²) in [5.74, 6) is -1.35. The molecule has 3 aromatic rings. The normalized spacial score (nSPS) is 10.4. The molecular weight excluding hydrogens is 394 g/mol. The lowest BCUT2D eigenvalue weighted by Crippen LogP contribution is -2.16. The predicted octanol–water partition coefficient (Wildman–Crippen LogP) is 2.66. The molecule has 0 radical (unpaired) electrons. The molecule has 148 valence electrons. The monoisotopic (exact) mass is 411 g/mol. The van der Waals surface area contributed by atoms with Gasteiger partial charge in [-0.1, -0.05) is 48.2 Å². The van der Waals surface area contributed by atoms with Crippen LogP contribution in [-0.4, -0.2) is 39.8 Å². The number of ether oxygens (including phenoxy) is 1. The van der Waals surface area contributed by atoms with Gasteiger partial charge in [0.05, 0.1) is 18.4 Å². The highest BCUT2D eigenvalue weighted by Crippen LogP contribution is 2.25. The van der Waals surface area contributed by atoms with Crippen LogP contribution in [0.1, 0.15) is 10.4 Å². The van der Waals surface area contributed by atoms with Crippen molar-refractivity contribution in [1.82, 2.24) is 9.97 Å². The fourth-order valence-electron chi connectivity index (χ4n) is 2.55. The van der Waals surface area contributed by atoms with E-state index in [2.05, 4.69) is 20.0 Å². The second kappa shape index (κ2) is 9.07. The van der Waals surface area contributed by atoms with E-state index >= 15 is 0 Å². The zero-order valence-electron chi connectivity index (χ0n) is 15.3. The summed E-state index contributed by atoms with van der Waals surface area (Å²) in [5.41, 5.74) is 0.850. The third-order valence-corrected chi connectivity index (χ3v) is 4.72. The number of methoxy groups -OCH3 is 1. The average Bonchev–Trinajstić information content (AvgIpc) is 2.72. The molecule has 9 heteroatoms. The molecule has 0 aliphatic rings. The fourth-order valence-corrected chi connectivity index (χ4v) is 3.20. The van der Waals surface area contributed by atoms with E-state index in [0.717, 1.165) is 11.8 Å². The summed E-state index contributed by atoms with van der Waals surface area (Å²) in [4.78, 5) is 42.5. The molecule has 2 aromatic carbocycles. The molecule has 29 heavy (non-hydrogen) atoms. The first-order valence-electron chi connectivity index (χ1n) is 8.47. The van der Waals surface area contributed by atoms with Crippen LogP contribution < -0.4 is 10.9 Å². The molecule has 0 fully saturated rings. The van der Waals surface area contributed by atoms with E-state index in [0.29, 0.717) is 16.8 Å². The highest BCUT2D eigenvalue weighted by Gasteiger charge is 2.14. The van der Waals surface area contributed by atoms with Gasteiger partial charge in [-0.15, -0.1) is 0 Å². The molecule has 0 saturated carbocycles. The van der Waals surface area contributed by atoms with Crippen LogP contribution in [-0.2, 0) is 9.53 Å². The Morgan fingerprint density at radius 3 is 2.62 bits per heavy atom. The zero-order chi connectivity index (χ0) is 20.8. The predicted molar refractivity (Wildman–Crippen MR) is 109 cm³/mol. The Bertz CT molecular complexity index is 1100. The lowest BCUT2D eigenvalue weighted by molar-refractivity contribution is -0.113. The number of benzene rings is 2. The minimum Gasteiger partial charge on any atom is -0.493 e. The first-order valence-corrected chi connectivity index (χ1v) is 9.46. The summed E-state index contributed by atoms with van der Waals surface area (Å²) in [6.07, 6.45) is 0. The van der Waals surface area contributed by atoms with Crippen molar-refractivity contribution < 1.29 is 19.4 Å². The van der Waals surface area contributed by atoms with Crippen LogP contribution in [0.15, 0.2) is 64.5 Å². The molecule has 0 unspecified atom stereocenters. The van der Waals surface area contributed by atoms with Crippen molar-refractivity contribution in [3.05, 3.63) is 70.5 Å². The third kappa shape index (κ3) is 5.02. The molecule has 0 aliphatic heterocycles. The van der Waals surface area contributed by atoms with Gasteiger partial charge in [0.15, 0.2) is 5.16 Å². The molecule has 0 atom stereocenters. The Kier molecular flexibility index (Phi) is 6.30. The van der Waals surface area contributed by atoms with Crippen molar-refractivity contribution in [2.45, 2.75) is 5.16 Å². The van der Waals surface area contributed by atoms with Gasteiger partial charge < -0.3 is 20.1 Å². The largest absolute Gasteiger partial charge is 0.493 e. The molecule has 1 aromatic heterocycles. The van der Waals surface area contributed by atoms with Crippen LogP contribution in [0.5, 0.6) is 5.88 Å². The number of nitrogens with zero attached hydrogens (tertiary/aromatic N) is 1. The number of aromatic amines is 1. The maximum absolute atomic E-state index is 12.3. The molecule has 1 amide bonds. The maximum atomic E-state index is 12.3. The summed E-state index contributed by atoms with van der Waals surface area (Å²) < 4.78 is 4.64. The van der Waals surface area contributed by atoms with Crippen LogP contribution >= 0.6 is 11.8 Å². The van der Waals surface area contributed by atoms with Gasteiger partial charge in [0.25, 0.3) is 5.56 Å². The van der Waals surface area contributed by atoms with Crippen molar-refractivity contribution in [3.8, 4) is 17.0 Å². The molecule has 3 N–H and O–H groups in total. The third-order valence-electron chi connectivity index (χ3n) is 3.85. The number of hydrogen-bond donors (Lipinski definition) is 3. The van der Waals surface area contributed by atoms with Gasteiger partial charge >= 0.3 is 5.97 Å². The van der Waals surface area contributed by atoms with Gasteiger partial charge in [0, 0.05) is 5.69 Å². The number of carbonyl (C=O) groups is 2. The molecule has 1 heterocycles. The van der Waals surface area contributed by atoms with E-state index < -0.39 is 17.4 Å². The smallest absolute Gasteiger partial charge is 0.337 e. The summed E-state index contributed by atoms with van der Waals surface area (Å²) in [6.45, 7) is 0. The minimum absolute atomic E-state index is 0.0600. The summed E-state index contributed by atoms with van der Waals surface area (Å²) in [7, 11) is 1.27.